The van der Waals surface area contributed by atoms with Gasteiger partial charge in [-0.05, 0) is 18.4 Å². The molecule has 1 saturated heterocycles. The molecule has 0 radical (unpaired) electrons. The molecule has 0 bridgehead atoms. The second kappa shape index (κ2) is 5.11. The smallest absolute Gasteiger partial charge is 0.123 e. The molecular weight excluding hydrogens is 198 g/mol. The van der Waals surface area contributed by atoms with Crippen LogP contribution in [0.4, 0.5) is 0 Å². The predicted molar refractivity (Wildman–Crippen MR) is 63.6 cm³/mol. The molecule has 0 aromatic heterocycles. The van der Waals surface area contributed by atoms with Gasteiger partial charge in [-0.2, -0.15) is 5.26 Å². The van der Waals surface area contributed by atoms with Gasteiger partial charge in [-0.15, -0.1) is 0 Å². The van der Waals surface area contributed by atoms with Crippen molar-refractivity contribution in [2.45, 2.75) is 24.9 Å². The van der Waals surface area contributed by atoms with Crippen molar-refractivity contribution in [3.8, 4) is 6.07 Å². The largest absolute Gasteiger partial charge is 0.328 e. The van der Waals surface area contributed by atoms with Gasteiger partial charge >= 0.3 is 0 Å². The molecule has 1 aromatic carbocycles. The van der Waals surface area contributed by atoms with Crippen LogP contribution in [-0.2, 0) is 0 Å². The molecule has 0 saturated carbocycles. The zero-order valence-corrected chi connectivity index (χ0v) is 9.34. The third kappa shape index (κ3) is 2.41. The predicted octanol–water partition coefficient (Wildman–Crippen LogP) is 1.67. The Balaban J connectivity index is 2.09. The van der Waals surface area contributed by atoms with E-state index in [9.17, 15) is 5.26 Å². The Kier molecular flexibility index (Phi) is 3.55. The quantitative estimate of drug-likeness (QED) is 0.816. The van der Waals surface area contributed by atoms with Crippen LogP contribution in [0.15, 0.2) is 30.3 Å². The Morgan fingerprint density at radius 2 is 1.88 bits per heavy atom. The van der Waals surface area contributed by atoms with Gasteiger partial charge < -0.3 is 5.73 Å². The summed E-state index contributed by atoms with van der Waals surface area (Å²) in [7, 11) is 0. The Hall–Kier alpha value is -1.37. The highest BCUT2D eigenvalue weighted by atomic mass is 15.2. The molecule has 1 atom stereocenters. The fourth-order valence-electron chi connectivity index (χ4n) is 2.18. The SMILES string of the molecule is N#CC(c1ccccc1)N1CCC(N)CC1. The van der Waals surface area contributed by atoms with E-state index in [-0.39, 0.29) is 6.04 Å². The number of hydrogen-bond acceptors (Lipinski definition) is 3. The standard InChI is InChI=1S/C13H17N3/c14-10-13(11-4-2-1-3-5-11)16-8-6-12(15)7-9-16/h1-5,12-13H,6-9,15H2. The number of nitriles is 1. The highest BCUT2D eigenvalue weighted by Crippen LogP contribution is 2.23. The van der Waals surface area contributed by atoms with Crippen molar-refractivity contribution in [2.24, 2.45) is 5.73 Å². The van der Waals surface area contributed by atoms with Crippen LogP contribution in [0.5, 0.6) is 0 Å². The van der Waals surface area contributed by atoms with Gasteiger partial charge in [0.1, 0.15) is 6.04 Å². The van der Waals surface area contributed by atoms with E-state index in [1.807, 2.05) is 30.3 Å². The number of hydrogen-bond donors (Lipinski definition) is 1. The first-order valence-electron chi connectivity index (χ1n) is 5.75. The van der Waals surface area contributed by atoms with Gasteiger partial charge in [-0.1, -0.05) is 30.3 Å². The zero-order chi connectivity index (χ0) is 11.4. The van der Waals surface area contributed by atoms with Gasteiger partial charge in [-0.3, -0.25) is 4.90 Å². The summed E-state index contributed by atoms with van der Waals surface area (Å²) in [5.74, 6) is 0. The highest BCUT2D eigenvalue weighted by molar-refractivity contribution is 5.24. The van der Waals surface area contributed by atoms with Crippen LogP contribution in [0.2, 0.25) is 0 Å². The van der Waals surface area contributed by atoms with Crippen molar-refractivity contribution >= 4 is 0 Å². The van der Waals surface area contributed by atoms with E-state index in [0.29, 0.717) is 6.04 Å². The highest BCUT2D eigenvalue weighted by Gasteiger charge is 2.24. The van der Waals surface area contributed by atoms with Crippen molar-refractivity contribution < 1.29 is 0 Å². The van der Waals surface area contributed by atoms with Crippen LogP contribution in [-0.4, -0.2) is 24.0 Å². The molecule has 0 spiro atoms. The Labute approximate surface area is 96.5 Å². The number of nitrogens with two attached hydrogens (primary N) is 1. The zero-order valence-electron chi connectivity index (χ0n) is 9.34. The average molecular weight is 215 g/mol. The maximum absolute atomic E-state index is 9.27. The molecule has 2 N–H and O–H groups in total. The van der Waals surface area contributed by atoms with E-state index >= 15 is 0 Å². The minimum atomic E-state index is -0.117. The second-order valence-corrected chi connectivity index (χ2v) is 4.32. The van der Waals surface area contributed by atoms with Crippen LogP contribution in [0.3, 0.4) is 0 Å². The van der Waals surface area contributed by atoms with Crippen LogP contribution in [0.1, 0.15) is 24.4 Å². The minimum Gasteiger partial charge on any atom is -0.328 e. The Bertz CT molecular complexity index is 361. The summed E-state index contributed by atoms with van der Waals surface area (Å²) < 4.78 is 0. The summed E-state index contributed by atoms with van der Waals surface area (Å²) >= 11 is 0. The molecule has 16 heavy (non-hydrogen) atoms. The van der Waals surface area contributed by atoms with Gasteiger partial charge in [0.05, 0.1) is 6.07 Å². The van der Waals surface area contributed by atoms with Gasteiger partial charge in [0, 0.05) is 19.1 Å². The molecule has 3 heteroatoms. The Morgan fingerprint density at radius 3 is 2.44 bits per heavy atom. The summed E-state index contributed by atoms with van der Waals surface area (Å²) in [5.41, 5.74) is 6.95. The number of rotatable bonds is 2. The number of benzene rings is 1. The van der Waals surface area contributed by atoms with Gasteiger partial charge in [0.25, 0.3) is 0 Å². The summed E-state index contributed by atoms with van der Waals surface area (Å²) in [6.07, 6.45) is 1.98. The molecule has 1 unspecified atom stereocenters. The number of piperidine rings is 1. The molecular formula is C13H17N3. The first kappa shape index (κ1) is 11.1. The second-order valence-electron chi connectivity index (χ2n) is 4.32. The van der Waals surface area contributed by atoms with E-state index in [1.54, 1.807) is 0 Å². The van der Waals surface area contributed by atoms with E-state index < -0.39 is 0 Å². The van der Waals surface area contributed by atoms with Crippen molar-refractivity contribution in [1.82, 2.24) is 4.90 Å². The van der Waals surface area contributed by atoms with Crippen molar-refractivity contribution in [2.75, 3.05) is 13.1 Å². The van der Waals surface area contributed by atoms with Crippen molar-refractivity contribution in [3.63, 3.8) is 0 Å². The van der Waals surface area contributed by atoms with E-state index in [0.717, 1.165) is 31.5 Å². The lowest BCUT2D eigenvalue weighted by molar-refractivity contribution is 0.183. The van der Waals surface area contributed by atoms with Crippen LogP contribution < -0.4 is 5.73 Å². The number of nitrogens with zero attached hydrogens (tertiary/aromatic N) is 2. The summed E-state index contributed by atoms with van der Waals surface area (Å²) in [5, 5.41) is 9.27. The van der Waals surface area contributed by atoms with Gasteiger partial charge in [-0.25, -0.2) is 0 Å². The molecule has 3 nitrogen and oxygen atoms in total. The summed E-state index contributed by atoms with van der Waals surface area (Å²) in [4.78, 5) is 2.22. The van der Waals surface area contributed by atoms with Gasteiger partial charge in [0.2, 0.25) is 0 Å². The topological polar surface area (TPSA) is 53.0 Å². The maximum atomic E-state index is 9.27. The molecule has 1 aromatic rings. The average Bonchev–Trinajstić information content (AvgIpc) is 2.34. The molecule has 1 aliphatic rings. The number of likely N-dealkylation sites (tertiary alicyclic amines) is 1. The molecule has 2 rings (SSSR count). The fraction of sp³-hybridized carbons (Fsp3) is 0.462. The molecule has 0 aliphatic carbocycles. The van der Waals surface area contributed by atoms with Crippen LogP contribution >= 0.6 is 0 Å². The molecule has 1 fully saturated rings. The third-order valence-corrected chi connectivity index (χ3v) is 3.18. The Morgan fingerprint density at radius 1 is 1.25 bits per heavy atom. The van der Waals surface area contributed by atoms with Crippen molar-refractivity contribution in [1.29, 1.82) is 5.26 Å². The van der Waals surface area contributed by atoms with Crippen LogP contribution in [0.25, 0.3) is 0 Å². The van der Waals surface area contributed by atoms with E-state index in [1.165, 1.54) is 0 Å². The maximum Gasteiger partial charge on any atom is 0.123 e. The fourth-order valence-corrected chi connectivity index (χ4v) is 2.18. The minimum absolute atomic E-state index is 0.117. The van der Waals surface area contributed by atoms with Crippen molar-refractivity contribution in [3.05, 3.63) is 35.9 Å². The first-order valence-corrected chi connectivity index (χ1v) is 5.75. The molecule has 84 valence electrons. The lowest BCUT2D eigenvalue weighted by Gasteiger charge is -2.33. The lowest BCUT2D eigenvalue weighted by atomic mass is 10.0. The van der Waals surface area contributed by atoms with Crippen LogP contribution in [0, 0.1) is 11.3 Å². The molecule has 0 amide bonds. The normalized spacial score (nSPS) is 20.2. The summed E-state index contributed by atoms with van der Waals surface area (Å²) in [6, 6.07) is 12.6. The molecule has 1 aliphatic heterocycles. The molecule has 1 heterocycles. The van der Waals surface area contributed by atoms with Gasteiger partial charge in [0.15, 0.2) is 0 Å². The van der Waals surface area contributed by atoms with E-state index in [2.05, 4.69) is 11.0 Å². The summed E-state index contributed by atoms with van der Waals surface area (Å²) in [6.45, 7) is 1.85. The lowest BCUT2D eigenvalue weighted by Crippen LogP contribution is -2.41. The first-order chi connectivity index (χ1) is 7.81. The van der Waals surface area contributed by atoms with E-state index in [4.69, 9.17) is 5.73 Å². The third-order valence-electron chi connectivity index (χ3n) is 3.18. The monoisotopic (exact) mass is 215 g/mol.